The smallest absolute Gasteiger partial charge is 0.0363 e. The highest BCUT2D eigenvalue weighted by molar-refractivity contribution is 5.47. The number of piperidine rings is 2. The molecule has 3 nitrogen and oxygen atoms in total. The maximum Gasteiger partial charge on any atom is 0.0363 e. The van der Waals surface area contributed by atoms with Gasteiger partial charge in [0.05, 0.1) is 0 Å². The van der Waals surface area contributed by atoms with Crippen molar-refractivity contribution >= 4 is 5.69 Å². The summed E-state index contributed by atoms with van der Waals surface area (Å²) in [4.78, 5) is 5.24. The zero-order valence-corrected chi connectivity index (χ0v) is 18.0. The van der Waals surface area contributed by atoms with Crippen LogP contribution < -0.4 is 10.2 Å². The van der Waals surface area contributed by atoms with Gasteiger partial charge in [-0.15, -0.1) is 0 Å². The summed E-state index contributed by atoms with van der Waals surface area (Å²) in [5.74, 6) is 0.939. The number of rotatable bonds is 8. The van der Waals surface area contributed by atoms with Crippen molar-refractivity contribution in [3.63, 3.8) is 0 Å². The highest BCUT2D eigenvalue weighted by Gasteiger charge is 2.35. The van der Waals surface area contributed by atoms with Crippen LogP contribution in [0.25, 0.3) is 0 Å². The van der Waals surface area contributed by atoms with Crippen molar-refractivity contribution in [2.75, 3.05) is 38.1 Å². The molecule has 0 aromatic heterocycles. The number of hydrogen-bond donors (Lipinski definition) is 1. The number of unbranched alkanes of at least 4 members (excludes halogenated alkanes) is 2. The number of hydrogen-bond acceptors (Lipinski definition) is 3. The van der Waals surface area contributed by atoms with Gasteiger partial charge in [0.2, 0.25) is 0 Å². The summed E-state index contributed by atoms with van der Waals surface area (Å²) in [6.07, 6.45) is 15.4. The summed E-state index contributed by atoms with van der Waals surface area (Å²) in [6.45, 7) is 4.98. The van der Waals surface area contributed by atoms with E-state index in [2.05, 4.69) is 46.4 Å². The maximum absolute atomic E-state index is 3.54. The zero-order valence-electron chi connectivity index (χ0n) is 18.0. The molecule has 1 aromatic rings. The highest BCUT2D eigenvalue weighted by Crippen LogP contribution is 2.40. The molecular weight excluding hydrogens is 342 g/mol. The van der Waals surface area contributed by atoms with Crippen LogP contribution in [-0.2, 0) is 0 Å². The fourth-order valence-corrected chi connectivity index (χ4v) is 5.83. The first-order chi connectivity index (χ1) is 13.8. The summed E-state index contributed by atoms with van der Waals surface area (Å²) >= 11 is 0. The molecule has 4 rings (SSSR count). The lowest BCUT2D eigenvalue weighted by molar-refractivity contribution is 0.150. The van der Waals surface area contributed by atoms with E-state index in [-0.39, 0.29) is 0 Å². The van der Waals surface area contributed by atoms with E-state index in [1.807, 2.05) is 0 Å². The molecule has 3 saturated heterocycles. The normalized spacial score (nSPS) is 28.2. The van der Waals surface area contributed by atoms with E-state index >= 15 is 0 Å². The number of anilines is 1. The average molecular weight is 384 g/mol. The van der Waals surface area contributed by atoms with Crippen molar-refractivity contribution in [1.29, 1.82) is 0 Å². The number of fused-ring (bicyclic) bond motifs is 1. The third-order valence-corrected chi connectivity index (χ3v) is 7.57. The van der Waals surface area contributed by atoms with Gasteiger partial charge >= 0.3 is 0 Å². The zero-order chi connectivity index (χ0) is 19.2. The molecule has 0 bridgehead atoms. The van der Waals surface area contributed by atoms with Crippen LogP contribution in [0, 0.1) is 5.92 Å². The van der Waals surface area contributed by atoms with Gasteiger partial charge in [-0.1, -0.05) is 31.4 Å². The van der Waals surface area contributed by atoms with Gasteiger partial charge in [-0.05, 0) is 94.6 Å². The lowest BCUT2D eigenvalue weighted by Gasteiger charge is -2.34. The van der Waals surface area contributed by atoms with Crippen molar-refractivity contribution < 1.29 is 0 Å². The van der Waals surface area contributed by atoms with E-state index in [4.69, 9.17) is 0 Å². The molecule has 3 heterocycles. The lowest BCUT2D eigenvalue weighted by atomic mass is 9.93. The van der Waals surface area contributed by atoms with Crippen LogP contribution in [0.15, 0.2) is 24.3 Å². The molecule has 0 radical (unpaired) electrons. The molecule has 3 aliphatic rings. The number of nitrogens with zero attached hydrogens (tertiary/aromatic N) is 2. The summed E-state index contributed by atoms with van der Waals surface area (Å²) in [5, 5.41) is 3.54. The quantitative estimate of drug-likeness (QED) is 0.609. The van der Waals surface area contributed by atoms with Gasteiger partial charge in [0.1, 0.15) is 0 Å². The van der Waals surface area contributed by atoms with Crippen LogP contribution in [0.3, 0.4) is 0 Å². The molecule has 3 heteroatoms. The van der Waals surface area contributed by atoms with E-state index in [0.717, 1.165) is 12.0 Å². The first-order valence-electron chi connectivity index (χ1n) is 12.1. The van der Waals surface area contributed by atoms with Gasteiger partial charge in [-0.25, -0.2) is 0 Å². The van der Waals surface area contributed by atoms with E-state index < -0.39 is 0 Å². The van der Waals surface area contributed by atoms with Crippen molar-refractivity contribution in [3.05, 3.63) is 29.8 Å². The molecule has 0 saturated carbocycles. The molecular formula is C25H41N3. The molecule has 3 fully saturated rings. The largest absolute Gasteiger partial charge is 0.375 e. The minimum atomic E-state index is 0.680. The second-order valence-corrected chi connectivity index (χ2v) is 9.56. The van der Waals surface area contributed by atoms with Gasteiger partial charge in [-0.3, -0.25) is 4.90 Å². The SMILES string of the molecule is CN(CCCCCC1CCCNC1)c1ccc([C@H]2CC[C@H]3CCCCN32)cc1. The van der Waals surface area contributed by atoms with E-state index in [1.54, 1.807) is 5.56 Å². The Labute approximate surface area is 172 Å². The van der Waals surface area contributed by atoms with Crippen LogP contribution in [0.5, 0.6) is 0 Å². The van der Waals surface area contributed by atoms with E-state index in [0.29, 0.717) is 6.04 Å². The molecule has 3 aliphatic heterocycles. The predicted molar refractivity (Wildman–Crippen MR) is 120 cm³/mol. The molecule has 0 spiro atoms. The fourth-order valence-electron chi connectivity index (χ4n) is 5.83. The van der Waals surface area contributed by atoms with Gasteiger partial charge in [0.15, 0.2) is 0 Å². The van der Waals surface area contributed by atoms with Crippen molar-refractivity contribution in [3.8, 4) is 0 Å². The van der Waals surface area contributed by atoms with Crippen LogP contribution in [0.4, 0.5) is 5.69 Å². The summed E-state index contributed by atoms with van der Waals surface area (Å²) in [6, 6.07) is 11.1. The van der Waals surface area contributed by atoms with E-state index in [1.165, 1.54) is 102 Å². The summed E-state index contributed by atoms with van der Waals surface area (Å²) < 4.78 is 0. The highest BCUT2D eigenvalue weighted by atomic mass is 15.2. The number of benzene rings is 1. The van der Waals surface area contributed by atoms with Crippen LogP contribution in [-0.4, -0.2) is 44.2 Å². The van der Waals surface area contributed by atoms with Gasteiger partial charge < -0.3 is 10.2 Å². The maximum atomic E-state index is 3.54. The third-order valence-electron chi connectivity index (χ3n) is 7.57. The first-order valence-corrected chi connectivity index (χ1v) is 12.1. The minimum Gasteiger partial charge on any atom is -0.375 e. The van der Waals surface area contributed by atoms with Crippen molar-refractivity contribution in [2.24, 2.45) is 5.92 Å². The fraction of sp³-hybridized carbons (Fsp3) is 0.760. The van der Waals surface area contributed by atoms with E-state index in [9.17, 15) is 0 Å². The molecule has 28 heavy (non-hydrogen) atoms. The molecule has 1 aromatic carbocycles. The number of nitrogens with one attached hydrogen (secondary N) is 1. The van der Waals surface area contributed by atoms with Gasteiger partial charge in [-0.2, -0.15) is 0 Å². The van der Waals surface area contributed by atoms with Gasteiger partial charge in [0, 0.05) is 31.4 Å². The van der Waals surface area contributed by atoms with Crippen LogP contribution >= 0.6 is 0 Å². The molecule has 3 atom stereocenters. The topological polar surface area (TPSA) is 18.5 Å². The first kappa shape index (κ1) is 20.2. The Morgan fingerprint density at radius 2 is 1.86 bits per heavy atom. The molecule has 1 unspecified atom stereocenters. The van der Waals surface area contributed by atoms with Crippen molar-refractivity contribution in [2.45, 2.75) is 82.7 Å². The molecule has 1 N–H and O–H groups in total. The Bertz CT molecular complexity index is 578. The Balaban J connectivity index is 1.19. The minimum absolute atomic E-state index is 0.680. The second kappa shape index (κ2) is 10.1. The van der Waals surface area contributed by atoms with Crippen molar-refractivity contribution in [1.82, 2.24) is 10.2 Å². The Kier molecular flexibility index (Phi) is 7.31. The van der Waals surface area contributed by atoms with Crippen LogP contribution in [0.1, 0.15) is 82.2 Å². The average Bonchev–Trinajstić information content (AvgIpc) is 3.18. The Hall–Kier alpha value is -1.06. The monoisotopic (exact) mass is 383 g/mol. The molecule has 0 amide bonds. The predicted octanol–water partition coefficient (Wildman–Crippen LogP) is 5.37. The Morgan fingerprint density at radius 3 is 2.68 bits per heavy atom. The second-order valence-electron chi connectivity index (χ2n) is 9.56. The molecule has 0 aliphatic carbocycles. The van der Waals surface area contributed by atoms with Crippen LogP contribution in [0.2, 0.25) is 0 Å². The Morgan fingerprint density at radius 1 is 0.964 bits per heavy atom. The van der Waals surface area contributed by atoms with Gasteiger partial charge in [0.25, 0.3) is 0 Å². The molecule has 156 valence electrons. The third kappa shape index (κ3) is 5.10. The summed E-state index contributed by atoms with van der Waals surface area (Å²) in [5.41, 5.74) is 2.93. The summed E-state index contributed by atoms with van der Waals surface area (Å²) in [7, 11) is 2.26. The standard InChI is InChI=1S/C25H41N3/c1-27(18-5-2-3-8-21-9-7-17-26-20-21)23-13-11-22(12-14-23)25-16-15-24-10-4-6-19-28(24)25/h11-14,21,24-26H,2-10,15-20H2,1H3/t21?,24-,25-/m1/s1. The lowest BCUT2D eigenvalue weighted by Crippen LogP contribution is -2.35.